The number of hydrogen-bond acceptors (Lipinski definition) is 6. The number of carbonyl (C=O) groups excluding carboxylic acids is 1. The van der Waals surface area contributed by atoms with Crippen molar-refractivity contribution in [3.8, 4) is 0 Å². The summed E-state index contributed by atoms with van der Waals surface area (Å²) in [6, 6.07) is 3.43. The van der Waals surface area contributed by atoms with Crippen LogP contribution in [0.3, 0.4) is 0 Å². The third-order valence-corrected chi connectivity index (χ3v) is 6.70. The van der Waals surface area contributed by atoms with Crippen molar-refractivity contribution < 1.29 is 23.0 Å². The van der Waals surface area contributed by atoms with Crippen LogP contribution in [0, 0.1) is 5.41 Å². The summed E-state index contributed by atoms with van der Waals surface area (Å²) in [7, 11) is -4.72. The molecule has 1 aliphatic rings. The van der Waals surface area contributed by atoms with Crippen LogP contribution in [-0.2, 0) is 19.6 Å². The molecule has 1 fully saturated rings. The minimum absolute atomic E-state index is 0.0666. The zero-order chi connectivity index (χ0) is 21.3. The van der Waals surface area contributed by atoms with Gasteiger partial charge in [0.1, 0.15) is 11.5 Å². The summed E-state index contributed by atoms with van der Waals surface area (Å²) >= 11 is 11.9. The number of benzene rings is 1. The minimum Gasteiger partial charge on any atom is -0.464 e. The first-order valence-electron chi connectivity index (χ1n) is 8.89. The fourth-order valence-electron chi connectivity index (χ4n) is 3.00. The molecule has 0 unspecified atom stereocenters. The molecule has 156 valence electrons. The van der Waals surface area contributed by atoms with Gasteiger partial charge in [0, 0.05) is 23.7 Å². The SMILES string of the molecule is CB(O)N1C[C@H](NS(=O)(=O)c2cc(Cl)ccc2Cl)C[C@@H]1COC(=O)C(C)(C)C. The predicted molar refractivity (Wildman–Crippen MR) is 110 cm³/mol. The largest absolute Gasteiger partial charge is 0.464 e. The van der Waals surface area contributed by atoms with Crippen LogP contribution >= 0.6 is 23.2 Å². The molecule has 2 N–H and O–H groups in total. The molecule has 28 heavy (non-hydrogen) atoms. The first-order valence-corrected chi connectivity index (χ1v) is 11.1. The topological polar surface area (TPSA) is 95.9 Å². The van der Waals surface area contributed by atoms with Gasteiger partial charge in [-0.3, -0.25) is 4.79 Å². The summed E-state index contributed by atoms with van der Waals surface area (Å²) in [4.78, 5) is 13.6. The third-order valence-electron chi connectivity index (χ3n) is 4.46. The van der Waals surface area contributed by atoms with Crippen LogP contribution in [0.2, 0.25) is 16.9 Å². The second-order valence-electron chi connectivity index (χ2n) is 7.96. The Labute approximate surface area is 176 Å². The fourth-order valence-corrected chi connectivity index (χ4v) is 5.01. The lowest BCUT2D eigenvalue weighted by molar-refractivity contribution is -0.154. The molecule has 1 aromatic carbocycles. The van der Waals surface area contributed by atoms with E-state index in [1.165, 1.54) is 18.2 Å². The van der Waals surface area contributed by atoms with Crippen molar-refractivity contribution in [1.29, 1.82) is 0 Å². The second-order valence-corrected chi connectivity index (χ2v) is 10.5. The highest BCUT2D eigenvalue weighted by atomic mass is 35.5. The van der Waals surface area contributed by atoms with E-state index in [0.717, 1.165) is 0 Å². The highest BCUT2D eigenvalue weighted by Crippen LogP contribution is 2.27. The molecule has 0 spiro atoms. The van der Waals surface area contributed by atoms with Crippen molar-refractivity contribution in [1.82, 2.24) is 9.53 Å². The Morgan fingerprint density at radius 1 is 1.39 bits per heavy atom. The number of rotatable bonds is 6. The molecule has 1 aliphatic heterocycles. The summed E-state index contributed by atoms with van der Waals surface area (Å²) in [6.45, 7) is 7.18. The Morgan fingerprint density at radius 3 is 2.61 bits per heavy atom. The Morgan fingerprint density at radius 2 is 2.04 bits per heavy atom. The highest BCUT2D eigenvalue weighted by Gasteiger charge is 2.39. The van der Waals surface area contributed by atoms with E-state index in [2.05, 4.69) is 4.72 Å². The van der Waals surface area contributed by atoms with Gasteiger partial charge >= 0.3 is 13.0 Å². The van der Waals surface area contributed by atoms with Crippen LogP contribution < -0.4 is 4.72 Å². The van der Waals surface area contributed by atoms with Crippen LogP contribution in [0.25, 0.3) is 0 Å². The maximum absolute atomic E-state index is 12.7. The van der Waals surface area contributed by atoms with Gasteiger partial charge in [-0.15, -0.1) is 0 Å². The molecule has 2 atom stereocenters. The van der Waals surface area contributed by atoms with E-state index in [9.17, 15) is 18.2 Å². The number of nitrogens with zero attached hydrogens (tertiary/aromatic N) is 1. The summed E-state index contributed by atoms with van der Waals surface area (Å²) in [5.74, 6) is -0.354. The fraction of sp³-hybridized carbons (Fsp3) is 0.588. The van der Waals surface area contributed by atoms with Gasteiger partial charge in [-0.2, -0.15) is 0 Å². The average molecular weight is 451 g/mol. The molecule has 2 rings (SSSR count). The van der Waals surface area contributed by atoms with Gasteiger partial charge in [-0.05, 0) is 52.2 Å². The van der Waals surface area contributed by atoms with E-state index in [-0.39, 0.29) is 40.1 Å². The maximum atomic E-state index is 12.7. The quantitative estimate of drug-likeness (QED) is 0.510. The number of carbonyl (C=O) groups is 1. The summed E-state index contributed by atoms with van der Waals surface area (Å²) < 4.78 is 33.4. The van der Waals surface area contributed by atoms with E-state index in [4.69, 9.17) is 27.9 Å². The number of esters is 1. The molecule has 11 heteroatoms. The first kappa shape index (κ1) is 23.4. The van der Waals surface area contributed by atoms with Crippen molar-refractivity contribution in [3.05, 3.63) is 28.2 Å². The monoisotopic (exact) mass is 450 g/mol. The van der Waals surface area contributed by atoms with E-state index < -0.39 is 28.5 Å². The van der Waals surface area contributed by atoms with Gasteiger partial charge in [0.15, 0.2) is 0 Å². The molecule has 7 nitrogen and oxygen atoms in total. The number of sulfonamides is 1. The van der Waals surface area contributed by atoms with Crippen molar-refractivity contribution >= 4 is 46.2 Å². The van der Waals surface area contributed by atoms with Gasteiger partial charge in [0.05, 0.1) is 10.4 Å². The van der Waals surface area contributed by atoms with E-state index >= 15 is 0 Å². The smallest absolute Gasteiger partial charge is 0.376 e. The lowest BCUT2D eigenvalue weighted by atomic mass is 9.84. The summed E-state index contributed by atoms with van der Waals surface area (Å²) in [6.07, 6.45) is 0.375. The zero-order valence-electron chi connectivity index (χ0n) is 16.3. The second kappa shape index (κ2) is 8.89. The van der Waals surface area contributed by atoms with Crippen LogP contribution in [0.5, 0.6) is 0 Å². The van der Waals surface area contributed by atoms with Crippen LogP contribution in [0.4, 0.5) is 0 Å². The first-order chi connectivity index (χ1) is 12.8. The normalized spacial score (nSPS) is 21.0. The molecule has 0 aromatic heterocycles. The molecular formula is C17H25BCl2N2O5S. The van der Waals surface area contributed by atoms with E-state index in [0.29, 0.717) is 6.42 Å². The molecule has 1 aromatic rings. The van der Waals surface area contributed by atoms with Gasteiger partial charge in [0.25, 0.3) is 0 Å². The Hall–Kier alpha value is -0.835. The Bertz CT molecular complexity index is 829. The number of ether oxygens (including phenoxy) is 1. The molecular weight excluding hydrogens is 426 g/mol. The van der Waals surface area contributed by atoms with Crippen LogP contribution in [0.15, 0.2) is 23.1 Å². The predicted octanol–water partition coefficient (Wildman–Crippen LogP) is 2.41. The lowest BCUT2D eigenvalue weighted by Crippen LogP contribution is -2.45. The Kier molecular flexibility index (Phi) is 7.45. The number of hydrogen-bond donors (Lipinski definition) is 2. The van der Waals surface area contributed by atoms with Crippen LogP contribution in [0.1, 0.15) is 27.2 Å². The van der Waals surface area contributed by atoms with Crippen molar-refractivity contribution in [2.24, 2.45) is 5.41 Å². The van der Waals surface area contributed by atoms with Gasteiger partial charge in [0.2, 0.25) is 10.0 Å². The molecule has 1 heterocycles. The Balaban J connectivity index is 2.11. The third kappa shape index (κ3) is 5.84. The molecule has 0 aliphatic carbocycles. The van der Waals surface area contributed by atoms with Gasteiger partial charge < -0.3 is 14.6 Å². The number of nitrogens with one attached hydrogen (secondary N) is 1. The van der Waals surface area contributed by atoms with Crippen LogP contribution in [-0.4, -0.2) is 56.5 Å². The van der Waals surface area contributed by atoms with Gasteiger partial charge in [-0.1, -0.05) is 23.2 Å². The maximum Gasteiger partial charge on any atom is 0.376 e. The average Bonchev–Trinajstić information content (AvgIpc) is 2.96. The highest BCUT2D eigenvalue weighted by molar-refractivity contribution is 7.89. The minimum atomic E-state index is -3.91. The standard InChI is InChI=1S/C17H25BCl2N2O5S/c1-17(2,3)16(23)27-10-13-8-12(9-22(13)18(4)24)21-28(25,26)15-7-11(19)5-6-14(15)20/h5-7,12-13,21,24H,8-10H2,1-4H3/t12-,13-/m1/s1. The van der Waals surface area contributed by atoms with Crippen molar-refractivity contribution in [2.75, 3.05) is 13.2 Å². The summed E-state index contributed by atoms with van der Waals surface area (Å²) in [5, 5.41) is 10.4. The van der Waals surface area contributed by atoms with Crippen molar-refractivity contribution in [2.45, 2.75) is 51.0 Å². The summed E-state index contributed by atoms with van der Waals surface area (Å²) in [5.41, 5.74) is -0.640. The van der Waals surface area contributed by atoms with Crippen molar-refractivity contribution in [3.63, 3.8) is 0 Å². The molecule has 0 bridgehead atoms. The zero-order valence-corrected chi connectivity index (χ0v) is 18.6. The van der Waals surface area contributed by atoms with Gasteiger partial charge in [-0.25, -0.2) is 13.1 Å². The lowest BCUT2D eigenvalue weighted by Gasteiger charge is -2.26. The molecule has 0 saturated carbocycles. The van der Waals surface area contributed by atoms with E-state index in [1.807, 2.05) is 0 Å². The molecule has 1 saturated heterocycles. The molecule has 0 radical (unpaired) electrons. The van der Waals surface area contributed by atoms with E-state index in [1.54, 1.807) is 32.4 Å². The number of halogens is 2. The molecule has 0 amide bonds.